The van der Waals surface area contributed by atoms with Gasteiger partial charge in [0, 0.05) is 42.5 Å². The van der Waals surface area contributed by atoms with Crippen LogP contribution < -0.4 is 20.3 Å². The molecule has 1 aromatic heterocycles. The van der Waals surface area contributed by atoms with Crippen molar-refractivity contribution in [2.24, 2.45) is 0 Å². The number of halogens is 2. The van der Waals surface area contributed by atoms with E-state index in [1.807, 2.05) is 23.9 Å². The molecule has 1 fully saturated rings. The molecule has 1 saturated heterocycles. The van der Waals surface area contributed by atoms with Gasteiger partial charge in [-0.05, 0) is 46.5 Å². The first kappa shape index (κ1) is 28.2. The smallest absolute Gasteiger partial charge is 0.294 e. The van der Waals surface area contributed by atoms with Gasteiger partial charge >= 0.3 is 0 Å². The van der Waals surface area contributed by atoms with E-state index in [9.17, 15) is 19.6 Å². The van der Waals surface area contributed by atoms with Crippen LogP contribution in [0.25, 0.3) is 0 Å². The van der Waals surface area contributed by atoms with Crippen LogP contribution in [0.15, 0.2) is 30.6 Å². The molecular formula is C25H30ClFN8O4. The number of methoxy groups -OCH3 is 1. The van der Waals surface area contributed by atoms with Gasteiger partial charge in [-0.3, -0.25) is 10.1 Å². The zero-order chi connectivity index (χ0) is 28.5. The number of rotatable bonds is 10. The van der Waals surface area contributed by atoms with Gasteiger partial charge < -0.3 is 30.3 Å². The molecule has 0 aliphatic carbocycles. The maximum absolute atomic E-state index is 14.2. The molecule has 0 bridgehead atoms. The lowest BCUT2D eigenvalue weighted by atomic mass is 9.96. The normalized spacial score (nSPS) is 15.2. The molecule has 39 heavy (non-hydrogen) atoms. The number of hydrogen-bond donors (Lipinski definition) is 3. The molecule has 0 amide bonds. The number of nitro benzene ring substituents is 1. The minimum atomic E-state index is -1.34. The van der Waals surface area contributed by atoms with Crippen molar-refractivity contribution in [2.45, 2.75) is 31.9 Å². The zero-order valence-corrected chi connectivity index (χ0v) is 23.0. The molecule has 0 radical (unpaired) electrons. The minimum absolute atomic E-state index is 0.0388. The molecule has 14 heteroatoms. The molecule has 4 rings (SSSR count). The van der Waals surface area contributed by atoms with Gasteiger partial charge in [-0.25, -0.2) is 14.4 Å². The van der Waals surface area contributed by atoms with Gasteiger partial charge in [0.1, 0.15) is 23.6 Å². The Kier molecular flexibility index (Phi) is 8.04. The third kappa shape index (κ3) is 6.27. The van der Waals surface area contributed by atoms with Crippen LogP contribution in [0.5, 0.6) is 5.75 Å². The second kappa shape index (κ2) is 11.1. The van der Waals surface area contributed by atoms with E-state index < -0.39 is 16.3 Å². The van der Waals surface area contributed by atoms with Crippen molar-refractivity contribution in [2.75, 3.05) is 49.8 Å². The number of benzene rings is 2. The highest BCUT2D eigenvalue weighted by Crippen LogP contribution is 2.42. The maximum Gasteiger partial charge on any atom is 0.294 e. The fraction of sp³-hybridized carbons (Fsp3) is 0.400. The standard InChI is InChI=1S/C25H30ClFN8O4/c1-25(2,36)15-8-16(26)17(27)9-18(15)30-23-28-13-29-24(32-23)31-19-10-21(35(37)38)20(11-22(19)39-5)34-7-6-14(34)12-33(3)4/h8-11,13-14,36H,6-7,12H2,1-5H3,(H2,28,29,30,31,32)/t14-/m1/s1. The van der Waals surface area contributed by atoms with Crippen molar-refractivity contribution >= 4 is 46.2 Å². The van der Waals surface area contributed by atoms with Crippen LogP contribution in [0.3, 0.4) is 0 Å². The Bertz CT molecular complexity index is 1380. The molecule has 2 aromatic carbocycles. The molecule has 1 aliphatic rings. The van der Waals surface area contributed by atoms with E-state index in [1.54, 1.807) is 6.07 Å². The fourth-order valence-electron chi connectivity index (χ4n) is 4.38. The van der Waals surface area contributed by atoms with E-state index in [-0.39, 0.29) is 40.0 Å². The molecule has 1 atom stereocenters. The average molecular weight is 561 g/mol. The fourth-order valence-corrected chi connectivity index (χ4v) is 4.55. The van der Waals surface area contributed by atoms with E-state index in [2.05, 4.69) is 25.6 Å². The number of nitrogens with one attached hydrogen (secondary N) is 2. The Morgan fingerprint density at radius 2 is 1.90 bits per heavy atom. The Morgan fingerprint density at radius 3 is 2.44 bits per heavy atom. The molecule has 2 heterocycles. The average Bonchev–Trinajstić information content (AvgIpc) is 2.84. The van der Waals surface area contributed by atoms with Crippen LogP contribution in [-0.4, -0.2) is 70.2 Å². The summed E-state index contributed by atoms with van der Waals surface area (Å²) in [6.45, 7) is 4.55. The van der Waals surface area contributed by atoms with Gasteiger partial charge in [-0.2, -0.15) is 4.98 Å². The quantitative estimate of drug-likeness (QED) is 0.239. The molecule has 1 aliphatic heterocycles. The molecule has 0 saturated carbocycles. The number of likely N-dealkylation sites (N-methyl/N-ethyl adjacent to an activating group) is 1. The summed E-state index contributed by atoms with van der Waals surface area (Å²) in [5.74, 6) is -0.227. The van der Waals surface area contributed by atoms with E-state index in [0.29, 0.717) is 23.5 Å². The highest BCUT2D eigenvalue weighted by molar-refractivity contribution is 6.30. The van der Waals surface area contributed by atoms with Crippen molar-refractivity contribution < 1.29 is 19.2 Å². The highest BCUT2D eigenvalue weighted by atomic mass is 35.5. The molecule has 0 unspecified atom stereocenters. The van der Waals surface area contributed by atoms with Gasteiger partial charge in [0.05, 0.1) is 28.3 Å². The lowest BCUT2D eigenvalue weighted by Crippen LogP contribution is -2.52. The first-order chi connectivity index (χ1) is 18.4. The SMILES string of the molecule is COc1cc(N2CC[C@@H]2CN(C)C)c([N+](=O)[O-])cc1Nc1ncnc(Nc2cc(F)c(Cl)cc2C(C)(C)O)n1. The number of aliphatic hydroxyl groups is 1. The Morgan fingerprint density at radius 1 is 1.23 bits per heavy atom. The van der Waals surface area contributed by atoms with E-state index >= 15 is 0 Å². The first-order valence-corrected chi connectivity index (χ1v) is 12.5. The van der Waals surface area contributed by atoms with Crippen molar-refractivity contribution in [3.05, 3.63) is 57.1 Å². The van der Waals surface area contributed by atoms with Crippen molar-refractivity contribution in [3.63, 3.8) is 0 Å². The number of aromatic nitrogens is 3. The minimum Gasteiger partial charge on any atom is -0.494 e. The second-order valence-electron chi connectivity index (χ2n) is 9.95. The monoisotopic (exact) mass is 560 g/mol. The summed E-state index contributed by atoms with van der Waals surface area (Å²) in [4.78, 5) is 28.1. The highest BCUT2D eigenvalue weighted by Gasteiger charge is 2.34. The van der Waals surface area contributed by atoms with Gasteiger partial charge in [0.15, 0.2) is 0 Å². The predicted octanol–water partition coefficient (Wildman–Crippen LogP) is 4.44. The van der Waals surface area contributed by atoms with Crippen molar-refractivity contribution in [1.82, 2.24) is 19.9 Å². The van der Waals surface area contributed by atoms with Crippen molar-refractivity contribution in [1.29, 1.82) is 0 Å². The second-order valence-corrected chi connectivity index (χ2v) is 10.4. The van der Waals surface area contributed by atoms with Gasteiger partial charge in [0.25, 0.3) is 5.69 Å². The molecule has 3 aromatic rings. The van der Waals surface area contributed by atoms with E-state index in [0.717, 1.165) is 19.0 Å². The van der Waals surface area contributed by atoms with Gasteiger partial charge in [0.2, 0.25) is 11.9 Å². The van der Waals surface area contributed by atoms with Crippen molar-refractivity contribution in [3.8, 4) is 5.75 Å². The third-order valence-corrected chi connectivity index (χ3v) is 6.60. The van der Waals surface area contributed by atoms with Crippen LogP contribution in [0.1, 0.15) is 25.8 Å². The summed E-state index contributed by atoms with van der Waals surface area (Å²) in [5.41, 5.74) is -0.132. The van der Waals surface area contributed by atoms with Gasteiger partial charge in [-0.1, -0.05) is 11.6 Å². The molecule has 3 N–H and O–H groups in total. The predicted molar refractivity (Wildman–Crippen MR) is 147 cm³/mol. The summed E-state index contributed by atoms with van der Waals surface area (Å²) in [5, 5.41) is 28.2. The largest absolute Gasteiger partial charge is 0.494 e. The van der Waals surface area contributed by atoms with Crippen LogP contribution in [-0.2, 0) is 5.60 Å². The summed E-state index contributed by atoms with van der Waals surface area (Å²) >= 11 is 5.92. The maximum atomic E-state index is 14.2. The lowest BCUT2D eigenvalue weighted by molar-refractivity contribution is -0.384. The Hall–Kier alpha value is -3.81. The summed E-state index contributed by atoms with van der Waals surface area (Å²) < 4.78 is 19.8. The van der Waals surface area contributed by atoms with Crippen LogP contribution in [0.2, 0.25) is 5.02 Å². The van der Waals surface area contributed by atoms with Crippen LogP contribution in [0.4, 0.5) is 39.0 Å². The number of ether oxygens (including phenoxy) is 1. The number of nitro groups is 1. The first-order valence-electron chi connectivity index (χ1n) is 12.1. The summed E-state index contributed by atoms with van der Waals surface area (Å²) in [7, 11) is 5.40. The number of anilines is 5. The number of hydrogen-bond acceptors (Lipinski definition) is 11. The van der Waals surface area contributed by atoms with Crippen LogP contribution in [0, 0.1) is 15.9 Å². The third-order valence-electron chi connectivity index (χ3n) is 6.31. The van der Waals surface area contributed by atoms with Gasteiger partial charge in [-0.15, -0.1) is 0 Å². The summed E-state index contributed by atoms with van der Waals surface area (Å²) in [6, 6.07) is 5.64. The Labute approximate surface area is 229 Å². The molecule has 0 spiro atoms. The van der Waals surface area contributed by atoms with E-state index in [4.69, 9.17) is 16.3 Å². The molecular weight excluding hydrogens is 531 g/mol. The zero-order valence-electron chi connectivity index (χ0n) is 22.2. The number of nitrogens with zero attached hydrogens (tertiary/aromatic N) is 6. The topological polar surface area (TPSA) is 142 Å². The van der Waals surface area contributed by atoms with E-state index in [1.165, 1.54) is 39.4 Å². The molecule has 12 nitrogen and oxygen atoms in total. The lowest BCUT2D eigenvalue weighted by Gasteiger charge is -2.43. The van der Waals surface area contributed by atoms with Crippen LogP contribution >= 0.6 is 11.6 Å². The summed E-state index contributed by atoms with van der Waals surface area (Å²) in [6.07, 6.45) is 2.15. The Balaban J connectivity index is 1.64. The molecule has 208 valence electrons.